The van der Waals surface area contributed by atoms with Crippen molar-refractivity contribution in [1.82, 2.24) is 14.9 Å². The average Bonchev–Trinajstić information content (AvgIpc) is 3.25. The fourth-order valence-electron chi connectivity index (χ4n) is 3.10. The van der Waals surface area contributed by atoms with Gasteiger partial charge in [-0.05, 0) is 35.5 Å². The molecule has 3 rings (SSSR count). The van der Waals surface area contributed by atoms with Gasteiger partial charge in [-0.2, -0.15) is 0 Å². The first-order valence-corrected chi connectivity index (χ1v) is 10.3. The van der Waals surface area contributed by atoms with Crippen molar-refractivity contribution in [3.63, 3.8) is 0 Å². The standard InChI is InChI=1S/C22H23N3O3S/c1-2-19-21(29-25-24-19)22(27)28-15-20(26)23-14-13-18(16-9-5-3-6-10-16)17-11-7-4-8-12-17/h3-12,18H,2,13-15H2,1H3,(H,23,26). The Labute approximate surface area is 174 Å². The third-order valence-corrected chi connectivity index (χ3v) is 5.32. The van der Waals surface area contributed by atoms with Gasteiger partial charge in [0.1, 0.15) is 0 Å². The van der Waals surface area contributed by atoms with Gasteiger partial charge < -0.3 is 10.1 Å². The Morgan fingerprint density at radius 2 is 1.66 bits per heavy atom. The maximum absolute atomic E-state index is 12.1. The summed E-state index contributed by atoms with van der Waals surface area (Å²) in [6.45, 7) is 2.05. The number of hydrogen-bond acceptors (Lipinski definition) is 6. The minimum Gasteiger partial charge on any atom is -0.451 e. The Hall–Kier alpha value is -3.06. The molecule has 29 heavy (non-hydrogen) atoms. The number of hydrogen-bond donors (Lipinski definition) is 1. The molecule has 0 saturated heterocycles. The van der Waals surface area contributed by atoms with Crippen LogP contribution in [0.25, 0.3) is 0 Å². The van der Waals surface area contributed by atoms with Crippen LogP contribution in [0.3, 0.4) is 0 Å². The number of carbonyl (C=O) groups is 2. The molecule has 0 spiro atoms. The molecule has 1 amide bonds. The highest BCUT2D eigenvalue weighted by Crippen LogP contribution is 2.27. The molecule has 150 valence electrons. The van der Waals surface area contributed by atoms with Gasteiger partial charge in [0.25, 0.3) is 5.91 Å². The van der Waals surface area contributed by atoms with Gasteiger partial charge in [-0.1, -0.05) is 72.1 Å². The SMILES string of the molecule is CCc1nnsc1C(=O)OCC(=O)NCCC(c1ccccc1)c1ccccc1. The second-order valence-corrected chi connectivity index (χ2v) is 7.25. The Kier molecular flexibility index (Phi) is 7.47. The lowest BCUT2D eigenvalue weighted by Crippen LogP contribution is -2.30. The zero-order valence-electron chi connectivity index (χ0n) is 16.2. The summed E-state index contributed by atoms with van der Waals surface area (Å²) in [5, 5.41) is 6.71. The van der Waals surface area contributed by atoms with Crippen molar-refractivity contribution in [3.8, 4) is 0 Å². The molecule has 6 nitrogen and oxygen atoms in total. The number of ether oxygens (including phenoxy) is 1. The average molecular weight is 410 g/mol. The Morgan fingerprint density at radius 3 is 2.24 bits per heavy atom. The first-order valence-electron chi connectivity index (χ1n) is 9.54. The van der Waals surface area contributed by atoms with E-state index in [0.29, 0.717) is 23.5 Å². The number of amides is 1. The van der Waals surface area contributed by atoms with E-state index in [1.807, 2.05) is 43.3 Å². The number of rotatable bonds is 9. The molecule has 0 atom stereocenters. The Balaban J connectivity index is 1.52. The third kappa shape index (κ3) is 5.71. The van der Waals surface area contributed by atoms with Crippen LogP contribution in [0.4, 0.5) is 0 Å². The highest BCUT2D eigenvalue weighted by molar-refractivity contribution is 7.07. The van der Waals surface area contributed by atoms with Gasteiger partial charge in [-0.25, -0.2) is 4.79 Å². The van der Waals surface area contributed by atoms with Gasteiger partial charge in [-0.15, -0.1) is 5.10 Å². The zero-order valence-corrected chi connectivity index (χ0v) is 17.0. The molecular weight excluding hydrogens is 386 g/mol. The topological polar surface area (TPSA) is 81.2 Å². The molecule has 2 aromatic carbocycles. The fourth-order valence-corrected chi connectivity index (χ4v) is 3.74. The first-order chi connectivity index (χ1) is 14.2. The van der Waals surface area contributed by atoms with Crippen molar-refractivity contribution in [2.75, 3.05) is 13.2 Å². The van der Waals surface area contributed by atoms with Crippen LogP contribution >= 0.6 is 11.5 Å². The van der Waals surface area contributed by atoms with E-state index >= 15 is 0 Å². The van der Waals surface area contributed by atoms with Crippen LogP contribution in [0.1, 0.15) is 45.8 Å². The lowest BCUT2D eigenvalue weighted by atomic mass is 9.88. The molecule has 0 aliphatic rings. The molecule has 0 radical (unpaired) electrons. The summed E-state index contributed by atoms with van der Waals surface area (Å²) in [6, 6.07) is 20.4. The molecule has 0 saturated carbocycles. The molecule has 0 unspecified atom stereocenters. The predicted molar refractivity (Wildman–Crippen MR) is 112 cm³/mol. The predicted octanol–water partition coefficient (Wildman–Crippen LogP) is 3.60. The van der Waals surface area contributed by atoms with E-state index < -0.39 is 5.97 Å². The number of esters is 1. The number of nitrogens with one attached hydrogen (secondary N) is 1. The summed E-state index contributed by atoms with van der Waals surface area (Å²) in [6.07, 6.45) is 1.33. The smallest absolute Gasteiger partial charge is 0.352 e. The highest BCUT2D eigenvalue weighted by Gasteiger charge is 2.18. The van der Waals surface area contributed by atoms with Crippen LogP contribution in [0.15, 0.2) is 60.7 Å². The minimum atomic E-state index is -0.557. The summed E-state index contributed by atoms with van der Waals surface area (Å²) in [5.74, 6) is -0.706. The van der Waals surface area contributed by atoms with Gasteiger partial charge in [0.2, 0.25) is 0 Å². The quantitative estimate of drug-likeness (QED) is 0.546. The summed E-state index contributed by atoms with van der Waals surface area (Å²) >= 11 is 0.984. The zero-order chi connectivity index (χ0) is 20.5. The van der Waals surface area contributed by atoms with Gasteiger partial charge >= 0.3 is 5.97 Å². The van der Waals surface area contributed by atoms with Crippen molar-refractivity contribution in [1.29, 1.82) is 0 Å². The van der Waals surface area contributed by atoms with E-state index in [1.54, 1.807) is 0 Å². The van der Waals surface area contributed by atoms with E-state index in [4.69, 9.17) is 4.74 Å². The Bertz CT molecular complexity index is 889. The molecule has 0 fully saturated rings. The van der Waals surface area contributed by atoms with E-state index in [1.165, 1.54) is 11.1 Å². The highest BCUT2D eigenvalue weighted by atomic mass is 32.1. The van der Waals surface area contributed by atoms with Gasteiger partial charge in [-0.3, -0.25) is 4.79 Å². The second kappa shape index (κ2) is 10.5. The number of nitrogens with zero attached hydrogens (tertiary/aromatic N) is 2. The van der Waals surface area contributed by atoms with Gasteiger partial charge in [0.05, 0.1) is 5.69 Å². The number of aryl methyl sites for hydroxylation is 1. The molecule has 0 bridgehead atoms. The van der Waals surface area contributed by atoms with E-state index in [0.717, 1.165) is 18.0 Å². The maximum Gasteiger partial charge on any atom is 0.352 e. The van der Waals surface area contributed by atoms with Gasteiger partial charge in [0.15, 0.2) is 11.5 Å². The lowest BCUT2D eigenvalue weighted by Gasteiger charge is -2.18. The molecular formula is C22H23N3O3S. The summed E-state index contributed by atoms with van der Waals surface area (Å²) in [5.41, 5.74) is 2.99. The van der Waals surface area contributed by atoms with Crippen LogP contribution in [0.2, 0.25) is 0 Å². The van der Waals surface area contributed by atoms with Crippen molar-refractivity contribution >= 4 is 23.4 Å². The lowest BCUT2D eigenvalue weighted by molar-refractivity contribution is -0.124. The number of benzene rings is 2. The van der Waals surface area contributed by atoms with Crippen LogP contribution in [0, 0.1) is 0 Å². The second-order valence-electron chi connectivity index (χ2n) is 6.49. The number of aromatic nitrogens is 2. The normalized spacial score (nSPS) is 10.7. The van der Waals surface area contributed by atoms with Gasteiger partial charge in [0, 0.05) is 12.5 Å². The summed E-state index contributed by atoms with van der Waals surface area (Å²) in [7, 11) is 0. The molecule has 0 aliphatic heterocycles. The van der Waals surface area contributed by atoms with Crippen molar-refractivity contribution in [3.05, 3.63) is 82.4 Å². The third-order valence-electron chi connectivity index (χ3n) is 4.57. The molecule has 7 heteroatoms. The molecule has 1 N–H and O–H groups in total. The van der Waals surface area contributed by atoms with Crippen molar-refractivity contribution in [2.24, 2.45) is 0 Å². The number of carbonyl (C=O) groups excluding carboxylic acids is 2. The molecule has 1 aromatic heterocycles. The largest absolute Gasteiger partial charge is 0.451 e. The summed E-state index contributed by atoms with van der Waals surface area (Å²) in [4.78, 5) is 24.5. The van der Waals surface area contributed by atoms with Crippen molar-refractivity contribution < 1.29 is 14.3 Å². The Morgan fingerprint density at radius 1 is 1.03 bits per heavy atom. The van der Waals surface area contributed by atoms with E-state index in [9.17, 15) is 9.59 Å². The summed E-state index contributed by atoms with van der Waals surface area (Å²) < 4.78 is 8.85. The molecule has 1 heterocycles. The monoisotopic (exact) mass is 409 g/mol. The first kappa shape index (κ1) is 20.7. The van der Waals surface area contributed by atoms with Crippen LogP contribution in [-0.4, -0.2) is 34.6 Å². The maximum atomic E-state index is 12.1. The van der Waals surface area contributed by atoms with E-state index in [2.05, 4.69) is 39.2 Å². The van der Waals surface area contributed by atoms with Crippen LogP contribution in [0.5, 0.6) is 0 Å². The minimum absolute atomic E-state index is 0.177. The van der Waals surface area contributed by atoms with Crippen molar-refractivity contribution in [2.45, 2.75) is 25.7 Å². The van der Waals surface area contributed by atoms with E-state index in [-0.39, 0.29) is 18.4 Å². The molecule has 3 aromatic rings. The molecule has 0 aliphatic carbocycles. The van der Waals surface area contributed by atoms with Crippen LogP contribution in [-0.2, 0) is 16.0 Å². The fraction of sp³-hybridized carbons (Fsp3) is 0.273. The van der Waals surface area contributed by atoms with Crippen LogP contribution < -0.4 is 5.32 Å².